The Bertz CT molecular complexity index is 840. The first kappa shape index (κ1) is 29.6. The molecule has 2 saturated heterocycles. The Morgan fingerprint density at radius 3 is 2.40 bits per heavy atom. The van der Waals surface area contributed by atoms with Crippen LogP contribution in [0, 0.1) is 0 Å². The van der Waals surface area contributed by atoms with E-state index in [1.54, 1.807) is 12.3 Å². The third kappa shape index (κ3) is 6.59. The summed E-state index contributed by atoms with van der Waals surface area (Å²) >= 11 is 0. The molecule has 0 aromatic carbocycles. The van der Waals surface area contributed by atoms with Crippen LogP contribution in [0.5, 0.6) is 0 Å². The molecule has 3 aliphatic rings. The number of hydrogen-bond acceptors (Lipinski definition) is 6. The molecule has 1 aromatic heterocycles. The normalized spacial score (nSPS) is 23.8. The SMILES string of the molecule is CCCCN1C(=O)[C@@H](CC2(O)CCCCC2)NC(=O)C12CCN(Cc1ccc(N)nc1)CC2.Cl.Cl. The maximum absolute atomic E-state index is 13.6. The molecule has 0 bridgehead atoms. The van der Waals surface area contributed by atoms with Crippen LogP contribution in [0.15, 0.2) is 18.3 Å². The summed E-state index contributed by atoms with van der Waals surface area (Å²) in [4.78, 5) is 35.5. The Kier molecular flexibility index (Phi) is 10.6. The second kappa shape index (κ2) is 12.6. The minimum absolute atomic E-state index is 0. The summed E-state index contributed by atoms with van der Waals surface area (Å²) in [5.74, 6) is 0.447. The van der Waals surface area contributed by atoms with Gasteiger partial charge in [0.1, 0.15) is 17.4 Å². The topological polar surface area (TPSA) is 112 Å². The van der Waals surface area contributed by atoms with Crippen LogP contribution < -0.4 is 11.1 Å². The van der Waals surface area contributed by atoms with E-state index < -0.39 is 17.2 Å². The number of carbonyl (C=O) groups is 2. The number of nitrogens with zero attached hydrogens (tertiary/aromatic N) is 3. The van der Waals surface area contributed by atoms with E-state index in [1.807, 2.05) is 11.0 Å². The summed E-state index contributed by atoms with van der Waals surface area (Å²) in [6.07, 6.45) is 9.71. The third-order valence-corrected chi connectivity index (χ3v) is 7.85. The van der Waals surface area contributed by atoms with Crippen LogP contribution in [0.1, 0.15) is 76.7 Å². The van der Waals surface area contributed by atoms with Crippen molar-refractivity contribution in [2.75, 3.05) is 25.4 Å². The number of nitrogens with two attached hydrogens (primary N) is 1. The average Bonchev–Trinajstić information content (AvgIpc) is 2.81. The number of anilines is 1. The van der Waals surface area contributed by atoms with Gasteiger partial charge in [-0.25, -0.2) is 4.98 Å². The lowest BCUT2D eigenvalue weighted by atomic mass is 9.77. The first-order valence-corrected chi connectivity index (χ1v) is 12.6. The molecule has 0 radical (unpaired) electrons. The van der Waals surface area contributed by atoms with Crippen LogP contribution >= 0.6 is 24.8 Å². The Hall–Kier alpha value is -1.61. The van der Waals surface area contributed by atoms with Crippen LogP contribution in [0.2, 0.25) is 0 Å². The molecule has 8 nitrogen and oxygen atoms in total. The van der Waals surface area contributed by atoms with Gasteiger partial charge >= 0.3 is 0 Å². The number of hydrogen-bond donors (Lipinski definition) is 3. The Labute approximate surface area is 221 Å². The standard InChI is InChI=1S/C25H39N5O3.2ClH/c1-2-3-13-30-22(31)20(16-24(33)9-5-4-6-10-24)28-23(32)25(30)11-14-29(15-12-25)18-19-7-8-21(26)27-17-19;;/h7-8,17,20,33H,2-6,9-16,18H2,1H3,(H2,26,27)(H,28,32);2*1H/t20-;;/m1../s1. The van der Waals surface area contributed by atoms with Gasteiger partial charge in [-0.3, -0.25) is 14.5 Å². The molecule has 1 aromatic rings. The number of nitrogen functional groups attached to an aromatic ring is 1. The predicted octanol–water partition coefficient (Wildman–Crippen LogP) is 3.05. The molecule has 1 atom stereocenters. The number of pyridine rings is 1. The van der Waals surface area contributed by atoms with Crippen LogP contribution in [0.25, 0.3) is 0 Å². The number of carbonyl (C=O) groups excluding carboxylic acids is 2. The number of nitrogens with one attached hydrogen (secondary N) is 1. The van der Waals surface area contributed by atoms with E-state index >= 15 is 0 Å². The Balaban J connectivity index is 0.00000216. The molecular weight excluding hydrogens is 489 g/mol. The maximum atomic E-state index is 13.6. The van der Waals surface area contributed by atoms with Crippen molar-refractivity contribution in [3.63, 3.8) is 0 Å². The molecule has 2 amide bonds. The quantitative estimate of drug-likeness (QED) is 0.500. The highest BCUT2D eigenvalue weighted by molar-refractivity contribution is 6.00. The largest absolute Gasteiger partial charge is 0.390 e. The minimum Gasteiger partial charge on any atom is -0.390 e. The molecule has 4 rings (SSSR count). The maximum Gasteiger partial charge on any atom is 0.246 e. The summed E-state index contributed by atoms with van der Waals surface area (Å²) in [6, 6.07) is 3.17. The number of halogens is 2. The highest BCUT2D eigenvalue weighted by Crippen LogP contribution is 2.37. The molecule has 10 heteroatoms. The summed E-state index contributed by atoms with van der Waals surface area (Å²) in [7, 11) is 0. The Morgan fingerprint density at radius 2 is 1.80 bits per heavy atom. The van der Waals surface area contributed by atoms with Crippen LogP contribution in [0.3, 0.4) is 0 Å². The second-order valence-corrected chi connectivity index (χ2v) is 10.3. The van der Waals surface area contributed by atoms with Gasteiger partial charge in [0.2, 0.25) is 11.8 Å². The molecule has 3 fully saturated rings. The monoisotopic (exact) mass is 529 g/mol. The molecule has 4 N–H and O–H groups in total. The first-order valence-electron chi connectivity index (χ1n) is 12.6. The summed E-state index contributed by atoms with van der Waals surface area (Å²) in [5.41, 5.74) is 5.16. The van der Waals surface area contributed by atoms with Gasteiger partial charge < -0.3 is 21.1 Å². The van der Waals surface area contributed by atoms with E-state index in [4.69, 9.17) is 5.73 Å². The number of piperazine rings is 1. The van der Waals surface area contributed by atoms with Gasteiger partial charge in [-0.1, -0.05) is 38.7 Å². The predicted molar refractivity (Wildman–Crippen MR) is 142 cm³/mol. The van der Waals surface area contributed by atoms with E-state index in [2.05, 4.69) is 22.1 Å². The second-order valence-electron chi connectivity index (χ2n) is 10.3. The van der Waals surface area contributed by atoms with E-state index in [1.165, 1.54) is 0 Å². The highest BCUT2D eigenvalue weighted by Gasteiger charge is 2.54. The van der Waals surface area contributed by atoms with Gasteiger partial charge in [0.05, 0.1) is 5.60 Å². The summed E-state index contributed by atoms with van der Waals surface area (Å²) < 4.78 is 0. The van der Waals surface area contributed by atoms with Gasteiger partial charge in [-0.05, 0) is 43.7 Å². The van der Waals surface area contributed by atoms with E-state index in [0.29, 0.717) is 44.5 Å². The number of unbranched alkanes of at least 4 members (excludes halogenated alkanes) is 1. The molecular formula is C25H41Cl2N5O3. The van der Waals surface area contributed by atoms with E-state index in [-0.39, 0.29) is 36.6 Å². The molecule has 35 heavy (non-hydrogen) atoms. The fraction of sp³-hybridized carbons (Fsp3) is 0.720. The molecule has 0 unspecified atom stereocenters. The van der Waals surface area contributed by atoms with Gasteiger partial charge in [-0.2, -0.15) is 0 Å². The van der Waals surface area contributed by atoms with Crippen molar-refractivity contribution < 1.29 is 14.7 Å². The van der Waals surface area contributed by atoms with Crippen LogP contribution in [0.4, 0.5) is 5.82 Å². The van der Waals surface area contributed by atoms with Crippen molar-refractivity contribution in [2.24, 2.45) is 0 Å². The number of likely N-dealkylation sites (tertiary alicyclic amines) is 1. The molecule has 1 aliphatic carbocycles. The number of rotatable bonds is 7. The molecule has 1 saturated carbocycles. The van der Waals surface area contributed by atoms with Gasteiger partial charge in [0, 0.05) is 38.8 Å². The number of aromatic nitrogens is 1. The van der Waals surface area contributed by atoms with E-state index in [0.717, 1.165) is 57.3 Å². The summed E-state index contributed by atoms with van der Waals surface area (Å²) in [6.45, 7) is 4.93. The third-order valence-electron chi connectivity index (χ3n) is 7.85. The molecule has 3 heterocycles. The fourth-order valence-electron chi connectivity index (χ4n) is 5.81. The number of piperidine rings is 1. The van der Waals surface area contributed by atoms with Crippen molar-refractivity contribution in [1.82, 2.24) is 20.1 Å². The average molecular weight is 531 g/mol. The first-order chi connectivity index (χ1) is 15.8. The number of amides is 2. The van der Waals surface area contributed by atoms with Crippen molar-refractivity contribution in [1.29, 1.82) is 0 Å². The highest BCUT2D eigenvalue weighted by atomic mass is 35.5. The van der Waals surface area contributed by atoms with Gasteiger partial charge in [0.15, 0.2) is 0 Å². The zero-order valence-corrected chi connectivity index (χ0v) is 22.3. The van der Waals surface area contributed by atoms with Crippen LogP contribution in [-0.2, 0) is 16.1 Å². The smallest absolute Gasteiger partial charge is 0.246 e. The van der Waals surface area contributed by atoms with Crippen molar-refractivity contribution >= 4 is 42.4 Å². The molecule has 1 spiro atoms. The minimum atomic E-state index is -0.844. The van der Waals surface area contributed by atoms with E-state index in [9.17, 15) is 14.7 Å². The fourth-order valence-corrected chi connectivity index (χ4v) is 5.81. The van der Waals surface area contributed by atoms with Gasteiger partial charge in [0.25, 0.3) is 0 Å². The van der Waals surface area contributed by atoms with Crippen LogP contribution in [-0.4, -0.2) is 68.5 Å². The lowest BCUT2D eigenvalue weighted by Crippen LogP contribution is -2.73. The number of aliphatic hydroxyl groups is 1. The summed E-state index contributed by atoms with van der Waals surface area (Å²) in [5, 5.41) is 14.1. The molecule has 198 valence electrons. The van der Waals surface area contributed by atoms with Crippen molar-refractivity contribution in [3.8, 4) is 0 Å². The van der Waals surface area contributed by atoms with Gasteiger partial charge in [-0.15, -0.1) is 24.8 Å². The lowest BCUT2D eigenvalue weighted by Gasteiger charge is -2.52. The zero-order valence-electron chi connectivity index (χ0n) is 20.7. The zero-order chi connectivity index (χ0) is 23.5. The lowest BCUT2D eigenvalue weighted by molar-refractivity contribution is -0.163. The van der Waals surface area contributed by atoms with Crippen molar-refractivity contribution in [2.45, 2.75) is 94.9 Å². The Morgan fingerprint density at radius 1 is 1.11 bits per heavy atom. The van der Waals surface area contributed by atoms with Crippen molar-refractivity contribution in [3.05, 3.63) is 23.9 Å². The molecule has 2 aliphatic heterocycles.